The number of likely N-dealkylation sites (tertiary alicyclic amines) is 1. The minimum atomic E-state index is -1.71. The lowest BCUT2D eigenvalue weighted by Gasteiger charge is -2.40. The Balaban J connectivity index is 2.11. The Bertz CT molecular complexity index is 1080. The van der Waals surface area contributed by atoms with Crippen LogP contribution in [0.2, 0.25) is 10.0 Å². The van der Waals surface area contributed by atoms with Gasteiger partial charge in [0.15, 0.2) is 0 Å². The van der Waals surface area contributed by atoms with Crippen LogP contribution in [-0.2, 0) is 30.4 Å². The number of rotatable bonds is 6. The quantitative estimate of drug-likeness (QED) is 0.554. The van der Waals surface area contributed by atoms with Gasteiger partial charge in [0.25, 0.3) is 0 Å². The van der Waals surface area contributed by atoms with Crippen molar-refractivity contribution in [2.45, 2.75) is 46.3 Å². The molecule has 1 saturated heterocycles. The molecule has 2 aliphatic rings. The molecule has 0 aromatic heterocycles. The first-order chi connectivity index (χ1) is 16.3. The van der Waals surface area contributed by atoms with Crippen LogP contribution in [0.15, 0.2) is 30.0 Å². The molecule has 190 valence electrons. The van der Waals surface area contributed by atoms with E-state index in [9.17, 15) is 24.3 Å². The molecule has 35 heavy (non-hydrogen) atoms. The second kappa shape index (κ2) is 10.1. The van der Waals surface area contributed by atoms with Gasteiger partial charge in [-0.2, -0.15) is 0 Å². The highest BCUT2D eigenvalue weighted by atomic mass is 35.5. The molecule has 11 heteroatoms. The molecule has 1 aromatic carbocycles. The van der Waals surface area contributed by atoms with Gasteiger partial charge in [-0.1, -0.05) is 29.3 Å². The maximum atomic E-state index is 13.6. The molecule has 1 aromatic rings. The number of aliphatic carboxylic acids is 1. The van der Waals surface area contributed by atoms with Gasteiger partial charge < -0.3 is 24.4 Å². The number of amides is 2. The van der Waals surface area contributed by atoms with Gasteiger partial charge in [-0.25, -0.2) is 4.79 Å². The zero-order valence-corrected chi connectivity index (χ0v) is 21.5. The van der Waals surface area contributed by atoms with Crippen LogP contribution in [0.25, 0.3) is 0 Å². The number of carboxylic acid groups (broad SMARTS) is 1. The SMILES string of the molecule is CCOC(=O)[C@@]12CN(C(=O)OC(C)(C)C)CC=C1N(Cc1ccc(Cl)cc1Cl)C(=O)[C@H]2CC(=O)O. The molecule has 9 nitrogen and oxygen atoms in total. The summed E-state index contributed by atoms with van der Waals surface area (Å²) in [5, 5.41) is 10.3. The predicted molar refractivity (Wildman–Crippen MR) is 128 cm³/mol. The average Bonchev–Trinajstić information content (AvgIpc) is 2.97. The number of carboxylic acids is 1. The van der Waals surface area contributed by atoms with Gasteiger partial charge in [0.1, 0.15) is 11.0 Å². The number of esters is 1. The monoisotopic (exact) mass is 526 g/mol. The summed E-state index contributed by atoms with van der Waals surface area (Å²) in [5.41, 5.74) is -1.65. The number of fused-ring (bicyclic) bond motifs is 1. The summed E-state index contributed by atoms with van der Waals surface area (Å²) in [6, 6.07) is 4.81. The first-order valence-corrected chi connectivity index (χ1v) is 11.9. The lowest BCUT2D eigenvalue weighted by Crippen LogP contribution is -2.54. The molecule has 2 amide bonds. The number of hydrogen-bond acceptors (Lipinski definition) is 6. The van der Waals surface area contributed by atoms with E-state index in [4.69, 9.17) is 32.7 Å². The smallest absolute Gasteiger partial charge is 0.410 e. The second-order valence-corrected chi connectivity index (χ2v) is 10.3. The Labute approximate surface area is 213 Å². The number of carbonyl (C=O) groups is 4. The van der Waals surface area contributed by atoms with E-state index in [-0.39, 0.29) is 31.9 Å². The fourth-order valence-corrected chi connectivity index (χ4v) is 4.91. The standard InChI is InChI=1S/C24H28Cl2N2O7/c1-5-34-21(32)24-13-27(22(33)35-23(2,3)4)9-8-18(24)28(20(31)16(24)11-19(29)30)12-14-6-7-15(25)10-17(14)26/h6-8,10,16H,5,9,11-13H2,1-4H3,(H,29,30)/t16-,24-/m1/s1. The normalized spacial score (nSPS) is 21.9. The molecule has 0 spiro atoms. The summed E-state index contributed by atoms with van der Waals surface area (Å²) in [6.07, 6.45) is 0.271. The number of benzene rings is 1. The van der Waals surface area contributed by atoms with Crippen molar-refractivity contribution in [2.75, 3.05) is 19.7 Å². The van der Waals surface area contributed by atoms with Crippen molar-refractivity contribution in [3.8, 4) is 0 Å². The van der Waals surface area contributed by atoms with Crippen LogP contribution in [0.1, 0.15) is 39.7 Å². The molecule has 2 aliphatic heterocycles. The molecule has 0 bridgehead atoms. The molecule has 0 saturated carbocycles. The Kier molecular flexibility index (Phi) is 7.71. The van der Waals surface area contributed by atoms with Gasteiger partial charge in [0.05, 0.1) is 25.5 Å². The molecule has 0 unspecified atom stereocenters. The predicted octanol–water partition coefficient (Wildman–Crippen LogP) is 4.11. The van der Waals surface area contributed by atoms with E-state index in [1.165, 1.54) is 15.9 Å². The van der Waals surface area contributed by atoms with E-state index >= 15 is 0 Å². The average molecular weight is 527 g/mol. The highest BCUT2D eigenvalue weighted by Gasteiger charge is 2.64. The van der Waals surface area contributed by atoms with Gasteiger partial charge in [0, 0.05) is 28.8 Å². The van der Waals surface area contributed by atoms with Gasteiger partial charge >= 0.3 is 18.0 Å². The van der Waals surface area contributed by atoms with E-state index in [2.05, 4.69) is 0 Å². The maximum absolute atomic E-state index is 13.6. The van der Waals surface area contributed by atoms with Crippen LogP contribution >= 0.6 is 23.2 Å². The first kappa shape index (κ1) is 26.8. The highest BCUT2D eigenvalue weighted by molar-refractivity contribution is 6.35. The summed E-state index contributed by atoms with van der Waals surface area (Å²) in [7, 11) is 0. The molecular formula is C24H28Cl2N2O7. The van der Waals surface area contributed by atoms with E-state index in [1.54, 1.807) is 45.9 Å². The zero-order valence-electron chi connectivity index (χ0n) is 20.0. The Morgan fingerprint density at radius 2 is 1.91 bits per heavy atom. The van der Waals surface area contributed by atoms with Crippen LogP contribution in [0.5, 0.6) is 0 Å². The fourth-order valence-electron chi connectivity index (χ4n) is 4.44. The van der Waals surface area contributed by atoms with Crippen LogP contribution in [-0.4, -0.2) is 64.1 Å². The fraction of sp³-hybridized carbons (Fsp3) is 0.500. The molecular weight excluding hydrogens is 499 g/mol. The molecule has 0 radical (unpaired) electrons. The molecule has 1 N–H and O–H groups in total. The third-order valence-electron chi connectivity index (χ3n) is 5.87. The van der Waals surface area contributed by atoms with Crippen molar-refractivity contribution in [2.24, 2.45) is 11.3 Å². The van der Waals surface area contributed by atoms with Gasteiger partial charge in [-0.05, 0) is 51.5 Å². The topological polar surface area (TPSA) is 113 Å². The first-order valence-electron chi connectivity index (χ1n) is 11.1. The van der Waals surface area contributed by atoms with Crippen molar-refractivity contribution in [3.05, 3.63) is 45.6 Å². The molecule has 2 atom stereocenters. The number of nitrogens with zero attached hydrogens (tertiary/aromatic N) is 2. The van der Waals surface area contributed by atoms with E-state index in [0.29, 0.717) is 15.6 Å². The second-order valence-electron chi connectivity index (χ2n) is 9.45. The van der Waals surface area contributed by atoms with Gasteiger partial charge in [0.2, 0.25) is 5.91 Å². The summed E-state index contributed by atoms with van der Waals surface area (Å²) in [5.74, 6) is -3.89. The summed E-state index contributed by atoms with van der Waals surface area (Å²) in [6.45, 7) is 6.54. The summed E-state index contributed by atoms with van der Waals surface area (Å²) >= 11 is 12.3. The maximum Gasteiger partial charge on any atom is 0.410 e. The minimum Gasteiger partial charge on any atom is -0.481 e. The number of hydrogen-bond donors (Lipinski definition) is 1. The Hall–Kier alpha value is -2.78. The molecule has 0 aliphatic carbocycles. The van der Waals surface area contributed by atoms with E-state index in [0.717, 1.165) is 0 Å². The largest absolute Gasteiger partial charge is 0.481 e. The summed E-state index contributed by atoms with van der Waals surface area (Å²) < 4.78 is 10.8. The number of halogens is 2. The van der Waals surface area contributed by atoms with Crippen molar-refractivity contribution in [3.63, 3.8) is 0 Å². The van der Waals surface area contributed by atoms with Crippen molar-refractivity contribution in [1.82, 2.24) is 9.80 Å². The number of carbonyl (C=O) groups excluding carboxylic acids is 3. The summed E-state index contributed by atoms with van der Waals surface area (Å²) in [4.78, 5) is 54.3. The van der Waals surface area contributed by atoms with Crippen LogP contribution < -0.4 is 0 Å². The lowest BCUT2D eigenvalue weighted by molar-refractivity contribution is -0.159. The van der Waals surface area contributed by atoms with E-state index in [1.807, 2.05) is 0 Å². The van der Waals surface area contributed by atoms with E-state index < -0.39 is 47.3 Å². The van der Waals surface area contributed by atoms with Gasteiger partial charge in [-0.3, -0.25) is 14.4 Å². The zero-order chi connectivity index (χ0) is 26.1. The van der Waals surface area contributed by atoms with Crippen LogP contribution in [0.3, 0.4) is 0 Å². The van der Waals surface area contributed by atoms with Crippen molar-refractivity contribution >= 4 is 47.1 Å². The highest BCUT2D eigenvalue weighted by Crippen LogP contribution is 2.51. The van der Waals surface area contributed by atoms with Crippen molar-refractivity contribution in [1.29, 1.82) is 0 Å². The minimum absolute atomic E-state index is 0.00954. The molecule has 1 fully saturated rings. The Morgan fingerprint density at radius 1 is 1.23 bits per heavy atom. The lowest BCUT2D eigenvalue weighted by atomic mass is 9.72. The van der Waals surface area contributed by atoms with Crippen LogP contribution in [0.4, 0.5) is 4.79 Å². The number of ether oxygens (including phenoxy) is 2. The third-order valence-corrected chi connectivity index (χ3v) is 6.45. The van der Waals surface area contributed by atoms with Crippen molar-refractivity contribution < 1.29 is 33.8 Å². The molecule has 3 rings (SSSR count). The molecule has 2 heterocycles. The Morgan fingerprint density at radius 3 is 2.49 bits per heavy atom. The van der Waals surface area contributed by atoms with Crippen LogP contribution in [0, 0.1) is 11.3 Å². The third kappa shape index (κ3) is 5.41. The van der Waals surface area contributed by atoms with Gasteiger partial charge in [-0.15, -0.1) is 0 Å².